The molecule has 0 amide bonds. The van der Waals surface area contributed by atoms with Crippen LogP contribution in [0.4, 0.5) is 11.6 Å². The second kappa shape index (κ2) is 5.09. The third-order valence-corrected chi connectivity index (χ3v) is 4.14. The summed E-state index contributed by atoms with van der Waals surface area (Å²) in [5, 5.41) is 3.41. The molecule has 1 aliphatic rings. The van der Waals surface area contributed by atoms with Gasteiger partial charge in [0.1, 0.15) is 0 Å². The smallest absolute Gasteiger partial charge is 0.207 e. The van der Waals surface area contributed by atoms with Crippen molar-refractivity contribution in [2.24, 2.45) is 0 Å². The lowest BCUT2D eigenvalue weighted by atomic mass is 10.1. The molecule has 3 heteroatoms. The molecule has 104 valence electrons. The number of aryl methyl sites for hydroxylation is 1. The van der Waals surface area contributed by atoms with Gasteiger partial charge in [0.2, 0.25) is 5.95 Å². The first kappa shape index (κ1) is 12.2. The van der Waals surface area contributed by atoms with Gasteiger partial charge >= 0.3 is 0 Å². The standard InChI is InChI=1S/C18H17N3/c1-2-7-15(8-3-1)20-18-19-12-13-21(18)17-11-10-14-6-4-5-9-16(14)17/h1-9,12-13,17H,10-11H2,(H,19,20). The zero-order valence-corrected chi connectivity index (χ0v) is 11.7. The number of hydrogen-bond acceptors (Lipinski definition) is 2. The van der Waals surface area contributed by atoms with Crippen molar-refractivity contribution >= 4 is 11.6 Å². The van der Waals surface area contributed by atoms with Crippen LogP contribution >= 0.6 is 0 Å². The molecule has 0 spiro atoms. The molecule has 0 saturated carbocycles. The summed E-state index contributed by atoms with van der Waals surface area (Å²) in [4.78, 5) is 4.48. The van der Waals surface area contributed by atoms with E-state index in [4.69, 9.17) is 0 Å². The molecule has 0 bridgehead atoms. The number of fused-ring (bicyclic) bond motifs is 1. The van der Waals surface area contributed by atoms with Crippen LogP contribution in [0, 0.1) is 0 Å². The minimum absolute atomic E-state index is 0.384. The van der Waals surface area contributed by atoms with E-state index in [9.17, 15) is 0 Å². The van der Waals surface area contributed by atoms with Gasteiger partial charge in [-0.1, -0.05) is 42.5 Å². The Balaban J connectivity index is 1.67. The molecular formula is C18H17N3. The highest BCUT2D eigenvalue weighted by molar-refractivity contribution is 5.53. The monoisotopic (exact) mass is 275 g/mol. The largest absolute Gasteiger partial charge is 0.326 e. The maximum atomic E-state index is 4.48. The fraction of sp³-hybridized carbons (Fsp3) is 0.167. The zero-order chi connectivity index (χ0) is 14.1. The number of para-hydroxylation sites is 1. The maximum absolute atomic E-state index is 4.48. The van der Waals surface area contributed by atoms with Crippen LogP contribution in [0.1, 0.15) is 23.6 Å². The lowest BCUT2D eigenvalue weighted by Crippen LogP contribution is -2.09. The summed E-state index contributed by atoms with van der Waals surface area (Å²) in [7, 11) is 0. The predicted molar refractivity (Wildman–Crippen MR) is 84.9 cm³/mol. The van der Waals surface area contributed by atoms with Gasteiger partial charge in [-0.25, -0.2) is 4.98 Å². The van der Waals surface area contributed by atoms with Gasteiger partial charge in [0.25, 0.3) is 0 Å². The number of anilines is 2. The summed E-state index contributed by atoms with van der Waals surface area (Å²) < 4.78 is 2.25. The molecule has 1 aliphatic carbocycles. The third-order valence-electron chi connectivity index (χ3n) is 4.14. The van der Waals surface area contributed by atoms with Crippen molar-refractivity contribution in [1.29, 1.82) is 0 Å². The summed E-state index contributed by atoms with van der Waals surface area (Å²) in [6.07, 6.45) is 6.22. The van der Waals surface area contributed by atoms with Crippen LogP contribution in [-0.4, -0.2) is 9.55 Å². The number of hydrogen-bond donors (Lipinski definition) is 1. The molecule has 1 N–H and O–H groups in total. The fourth-order valence-electron chi connectivity index (χ4n) is 3.14. The molecule has 2 aromatic carbocycles. The Hall–Kier alpha value is -2.55. The minimum Gasteiger partial charge on any atom is -0.326 e. The van der Waals surface area contributed by atoms with Crippen LogP contribution in [0.3, 0.4) is 0 Å². The summed E-state index contributed by atoms with van der Waals surface area (Å²) in [5.41, 5.74) is 3.95. The van der Waals surface area contributed by atoms with Crippen LogP contribution in [0.5, 0.6) is 0 Å². The Bertz CT molecular complexity index is 746. The molecule has 0 saturated heterocycles. The highest BCUT2D eigenvalue weighted by Crippen LogP contribution is 2.36. The first-order valence-corrected chi connectivity index (χ1v) is 7.34. The minimum atomic E-state index is 0.384. The number of imidazole rings is 1. The number of aromatic nitrogens is 2. The van der Waals surface area contributed by atoms with Crippen molar-refractivity contribution in [3.8, 4) is 0 Å². The van der Waals surface area contributed by atoms with Gasteiger partial charge in [-0.3, -0.25) is 0 Å². The third kappa shape index (κ3) is 2.21. The molecule has 0 radical (unpaired) electrons. The Morgan fingerprint density at radius 2 is 1.81 bits per heavy atom. The SMILES string of the molecule is c1ccc(Nc2nccn2C2CCc3ccccc32)cc1. The molecule has 1 atom stereocenters. The van der Waals surface area contributed by atoms with E-state index in [1.165, 1.54) is 11.1 Å². The number of rotatable bonds is 3. The Kier molecular flexibility index (Phi) is 2.96. The van der Waals surface area contributed by atoms with Gasteiger partial charge < -0.3 is 9.88 Å². The van der Waals surface area contributed by atoms with Crippen LogP contribution in [0.2, 0.25) is 0 Å². The second-order valence-electron chi connectivity index (χ2n) is 5.40. The number of benzene rings is 2. The van der Waals surface area contributed by atoms with Crippen LogP contribution in [0.25, 0.3) is 0 Å². The molecule has 1 heterocycles. The summed E-state index contributed by atoms with van der Waals surface area (Å²) in [6, 6.07) is 19.3. The highest BCUT2D eigenvalue weighted by atomic mass is 15.2. The average Bonchev–Trinajstić information content (AvgIpc) is 3.14. The van der Waals surface area contributed by atoms with Gasteiger partial charge in [0, 0.05) is 18.1 Å². The van der Waals surface area contributed by atoms with Crippen molar-refractivity contribution in [2.75, 3.05) is 5.32 Å². The van der Waals surface area contributed by atoms with Crippen molar-refractivity contribution in [3.05, 3.63) is 78.1 Å². The highest BCUT2D eigenvalue weighted by Gasteiger charge is 2.24. The molecule has 1 aromatic heterocycles. The molecule has 1 unspecified atom stereocenters. The van der Waals surface area contributed by atoms with E-state index in [0.717, 1.165) is 24.5 Å². The predicted octanol–water partition coefficient (Wildman–Crippen LogP) is 4.16. The molecule has 3 nitrogen and oxygen atoms in total. The lowest BCUT2D eigenvalue weighted by Gasteiger charge is -2.17. The van der Waals surface area contributed by atoms with E-state index in [1.54, 1.807) is 0 Å². The Morgan fingerprint density at radius 3 is 2.71 bits per heavy atom. The summed E-state index contributed by atoms with van der Waals surface area (Å²) >= 11 is 0. The first-order chi connectivity index (χ1) is 10.4. The first-order valence-electron chi connectivity index (χ1n) is 7.34. The van der Waals surface area contributed by atoms with E-state index in [2.05, 4.69) is 57.5 Å². The zero-order valence-electron chi connectivity index (χ0n) is 11.7. The molecule has 0 aliphatic heterocycles. The van der Waals surface area contributed by atoms with Crippen LogP contribution in [0.15, 0.2) is 67.0 Å². The topological polar surface area (TPSA) is 29.9 Å². The fourth-order valence-corrected chi connectivity index (χ4v) is 3.14. The average molecular weight is 275 g/mol. The van der Waals surface area contributed by atoms with E-state index in [1.807, 2.05) is 24.4 Å². The molecule has 3 aromatic rings. The Labute approximate surface area is 124 Å². The molecular weight excluding hydrogens is 258 g/mol. The van der Waals surface area contributed by atoms with Gasteiger partial charge in [-0.15, -0.1) is 0 Å². The van der Waals surface area contributed by atoms with Crippen molar-refractivity contribution in [1.82, 2.24) is 9.55 Å². The molecule has 0 fully saturated rings. The van der Waals surface area contributed by atoms with Crippen molar-refractivity contribution in [3.63, 3.8) is 0 Å². The normalized spacial score (nSPS) is 16.7. The molecule has 21 heavy (non-hydrogen) atoms. The van der Waals surface area contributed by atoms with Crippen LogP contribution < -0.4 is 5.32 Å². The van der Waals surface area contributed by atoms with Crippen LogP contribution in [-0.2, 0) is 6.42 Å². The van der Waals surface area contributed by atoms with E-state index in [-0.39, 0.29) is 0 Å². The van der Waals surface area contributed by atoms with E-state index >= 15 is 0 Å². The Morgan fingerprint density at radius 1 is 1.00 bits per heavy atom. The molecule has 4 rings (SSSR count). The van der Waals surface area contributed by atoms with E-state index < -0.39 is 0 Å². The van der Waals surface area contributed by atoms with Crippen molar-refractivity contribution in [2.45, 2.75) is 18.9 Å². The van der Waals surface area contributed by atoms with E-state index in [0.29, 0.717) is 6.04 Å². The quantitative estimate of drug-likeness (QED) is 0.777. The maximum Gasteiger partial charge on any atom is 0.207 e. The number of nitrogens with zero attached hydrogens (tertiary/aromatic N) is 2. The van der Waals surface area contributed by atoms with Crippen molar-refractivity contribution < 1.29 is 0 Å². The number of nitrogens with one attached hydrogen (secondary N) is 1. The lowest BCUT2D eigenvalue weighted by molar-refractivity contribution is 0.586. The second-order valence-corrected chi connectivity index (χ2v) is 5.40. The van der Waals surface area contributed by atoms with Gasteiger partial charge in [0.05, 0.1) is 6.04 Å². The summed E-state index contributed by atoms with van der Waals surface area (Å²) in [5.74, 6) is 0.905. The summed E-state index contributed by atoms with van der Waals surface area (Å²) in [6.45, 7) is 0. The van der Waals surface area contributed by atoms with Gasteiger partial charge in [-0.2, -0.15) is 0 Å². The van der Waals surface area contributed by atoms with Gasteiger partial charge in [0.15, 0.2) is 0 Å². The van der Waals surface area contributed by atoms with Gasteiger partial charge in [-0.05, 0) is 36.1 Å².